The van der Waals surface area contributed by atoms with E-state index >= 15 is 0 Å². The maximum atomic E-state index is 14.8. The Morgan fingerprint density at radius 1 is 0.759 bits per heavy atom. The molecule has 3 aromatic rings. The molecule has 0 bridgehead atoms. The summed E-state index contributed by atoms with van der Waals surface area (Å²) in [6.07, 6.45) is 0.856. The molecule has 1 fully saturated rings. The molecule has 0 spiro atoms. The highest BCUT2D eigenvalue weighted by atomic mass is 19.1. The molecule has 1 atom stereocenters. The van der Waals surface area contributed by atoms with Gasteiger partial charge in [0.2, 0.25) is 0 Å². The minimum absolute atomic E-state index is 0.156. The first-order valence-electron chi connectivity index (χ1n) is 10.1. The predicted molar refractivity (Wildman–Crippen MR) is 112 cm³/mol. The molecule has 0 saturated carbocycles. The predicted octanol–water partition coefficient (Wildman–Crippen LogP) is 5.68. The quantitative estimate of drug-likeness (QED) is 0.551. The first-order chi connectivity index (χ1) is 14.1. The fourth-order valence-electron chi connectivity index (χ4n) is 4.11. The minimum Gasteiger partial charge on any atom is -0.280 e. The summed E-state index contributed by atoms with van der Waals surface area (Å²) in [5.74, 6) is -0.420. The van der Waals surface area contributed by atoms with Gasteiger partial charge in [-0.2, -0.15) is 0 Å². The molecule has 29 heavy (non-hydrogen) atoms. The molecule has 1 saturated heterocycles. The number of benzene rings is 3. The van der Waals surface area contributed by atoms with Gasteiger partial charge in [0.15, 0.2) is 0 Å². The Bertz CT molecular complexity index is 882. The van der Waals surface area contributed by atoms with E-state index in [1.807, 2.05) is 24.3 Å². The summed E-state index contributed by atoms with van der Waals surface area (Å²) in [6, 6.07) is 22.2. The van der Waals surface area contributed by atoms with E-state index in [4.69, 9.17) is 0 Å². The van der Waals surface area contributed by atoms with Crippen LogP contribution in [0, 0.1) is 18.6 Å². The summed E-state index contributed by atoms with van der Waals surface area (Å²) in [4.78, 5) is 4.64. The Morgan fingerprint density at radius 2 is 1.31 bits per heavy atom. The lowest BCUT2D eigenvalue weighted by atomic mass is 10.0. The highest BCUT2D eigenvalue weighted by molar-refractivity contribution is 5.25. The van der Waals surface area contributed by atoms with Crippen LogP contribution in [0.1, 0.15) is 34.8 Å². The van der Waals surface area contributed by atoms with Gasteiger partial charge in [-0.15, -0.1) is 0 Å². The third-order valence-electron chi connectivity index (χ3n) is 5.57. The molecule has 0 amide bonds. The van der Waals surface area contributed by atoms with Gasteiger partial charge < -0.3 is 0 Å². The Balaban J connectivity index is 1.64. The first kappa shape index (κ1) is 19.7. The molecule has 0 radical (unpaired) electrons. The highest BCUT2D eigenvalue weighted by Gasteiger charge is 2.32. The van der Waals surface area contributed by atoms with Crippen molar-refractivity contribution >= 4 is 0 Å². The Hall–Kier alpha value is -2.56. The monoisotopic (exact) mass is 392 g/mol. The zero-order valence-electron chi connectivity index (χ0n) is 16.7. The Kier molecular flexibility index (Phi) is 6.02. The van der Waals surface area contributed by atoms with Crippen LogP contribution >= 0.6 is 0 Å². The van der Waals surface area contributed by atoms with Gasteiger partial charge in [0.05, 0.1) is 6.17 Å². The van der Waals surface area contributed by atoms with Crippen molar-refractivity contribution in [1.29, 1.82) is 0 Å². The van der Waals surface area contributed by atoms with Crippen molar-refractivity contribution in [3.63, 3.8) is 0 Å². The van der Waals surface area contributed by atoms with Gasteiger partial charge >= 0.3 is 0 Å². The van der Waals surface area contributed by atoms with Crippen molar-refractivity contribution < 1.29 is 8.78 Å². The lowest BCUT2D eigenvalue weighted by molar-refractivity contribution is -0.0111. The Labute approximate surface area is 171 Å². The third-order valence-corrected chi connectivity index (χ3v) is 5.57. The van der Waals surface area contributed by atoms with Crippen molar-refractivity contribution in [1.82, 2.24) is 9.80 Å². The number of nitrogens with zero attached hydrogens (tertiary/aromatic N) is 2. The maximum absolute atomic E-state index is 14.8. The summed E-state index contributed by atoms with van der Waals surface area (Å²) in [7, 11) is 0. The smallest absolute Gasteiger partial charge is 0.129 e. The second kappa shape index (κ2) is 8.85. The van der Waals surface area contributed by atoms with E-state index in [-0.39, 0.29) is 17.8 Å². The van der Waals surface area contributed by atoms with E-state index < -0.39 is 0 Å². The fraction of sp³-hybridized carbons (Fsp3) is 0.280. The largest absolute Gasteiger partial charge is 0.280 e. The SMILES string of the molecule is Cc1ccc(CN2CCCN(Cc3ccc(F)cc3)C2c2ccccc2F)cc1. The van der Waals surface area contributed by atoms with Gasteiger partial charge in [-0.05, 0) is 42.7 Å². The number of hydrogen-bond donors (Lipinski definition) is 0. The second-order valence-corrected chi connectivity index (χ2v) is 7.80. The van der Waals surface area contributed by atoms with Crippen molar-refractivity contribution in [3.05, 3.63) is 107 Å². The zero-order chi connectivity index (χ0) is 20.2. The number of aryl methyl sites for hydroxylation is 1. The van der Waals surface area contributed by atoms with Crippen LogP contribution in [0.15, 0.2) is 72.8 Å². The van der Waals surface area contributed by atoms with Crippen molar-refractivity contribution in [2.75, 3.05) is 13.1 Å². The number of halogens is 2. The molecular weight excluding hydrogens is 366 g/mol. The van der Waals surface area contributed by atoms with E-state index in [0.29, 0.717) is 12.1 Å². The molecule has 1 heterocycles. The molecule has 0 N–H and O–H groups in total. The molecule has 1 aliphatic rings. The van der Waals surface area contributed by atoms with Gasteiger partial charge in [-0.3, -0.25) is 9.80 Å². The average molecular weight is 392 g/mol. The molecule has 3 aromatic carbocycles. The van der Waals surface area contributed by atoms with Crippen LogP contribution in [0.2, 0.25) is 0 Å². The standard InChI is InChI=1S/C25H26F2N2/c1-19-7-9-20(10-8-19)17-28-15-4-16-29(18-21-11-13-22(26)14-12-21)25(28)23-5-2-3-6-24(23)27/h2-3,5-14,25H,4,15-18H2,1H3. The second-order valence-electron chi connectivity index (χ2n) is 7.80. The molecule has 0 aliphatic carbocycles. The summed E-state index contributed by atoms with van der Waals surface area (Å²) in [5, 5.41) is 0. The Morgan fingerprint density at radius 3 is 1.90 bits per heavy atom. The molecule has 0 aromatic heterocycles. The highest BCUT2D eigenvalue weighted by Crippen LogP contribution is 2.33. The lowest BCUT2D eigenvalue weighted by Gasteiger charge is -2.44. The third kappa shape index (κ3) is 4.72. The fourth-order valence-corrected chi connectivity index (χ4v) is 4.11. The van der Waals surface area contributed by atoms with E-state index in [1.165, 1.54) is 29.3 Å². The molecule has 4 rings (SSSR count). The normalized spacial score (nSPS) is 18.1. The van der Waals surface area contributed by atoms with Crippen LogP contribution in [-0.4, -0.2) is 22.9 Å². The summed E-state index contributed by atoms with van der Waals surface area (Å²) >= 11 is 0. The molecule has 4 heteroatoms. The molecule has 150 valence electrons. The zero-order valence-corrected chi connectivity index (χ0v) is 16.7. The summed E-state index contributed by atoms with van der Waals surface area (Å²) in [6.45, 7) is 5.29. The topological polar surface area (TPSA) is 6.48 Å². The maximum Gasteiger partial charge on any atom is 0.129 e. The first-order valence-corrected chi connectivity index (χ1v) is 10.1. The van der Waals surface area contributed by atoms with E-state index in [2.05, 4.69) is 41.0 Å². The van der Waals surface area contributed by atoms with Gasteiger partial charge in [0, 0.05) is 31.7 Å². The van der Waals surface area contributed by atoms with Crippen molar-refractivity contribution in [3.8, 4) is 0 Å². The molecule has 2 nitrogen and oxygen atoms in total. The lowest BCUT2D eigenvalue weighted by Crippen LogP contribution is -2.47. The molecule has 1 aliphatic heterocycles. The van der Waals surface area contributed by atoms with E-state index in [9.17, 15) is 8.78 Å². The van der Waals surface area contributed by atoms with Crippen LogP contribution in [0.3, 0.4) is 0 Å². The van der Waals surface area contributed by atoms with Crippen LogP contribution < -0.4 is 0 Å². The number of rotatable bonds is 5. The van der Waals surface area contributed by atoms with Gasteiger partial charge in [-0.25, -0.2) is 8.78 Å². The number of hydrogen-bond acceptors (Lipinski definition) is 2. The van der Waals surface area contributed by atoms with Crippen LogP contribution in [0.5, 0.6) is 0 Å². The van der Waals surface area contributed by atoms with E-state index in [0.717, 1.165) is 31.6 Å². The van der Waals surface area contributed by atoms with Crippen molar-refractivity contribution in [2.24, 2.45) is 0 Å². The van der Waals surface area contributed by atoms with Crippen molar-refractivity contribution in [2.45, 2.75) is 32.6 Å². The minimum atomic E-state index is -0.237. The van der Waals surface area contributed by atoms with Gasteiger partial charge in [0.25, 0.3) is 0 Å². The van der Waals surface area contributed by atoms with Gasteiger partial charge in [-0.1, -0.05) is 60.2 Å². The molecular formula is C25H26F2N2. The van der Waals surface area contributed by atoms with Crippen LogP contribution in [0.4, 0.5) is 8.78 Å². The summed E-state index contributed by atoms with van der Waals surface area (Å²) in [5.41, 5.74) is 4.18. The van der Waals surface area contributed by atoms with Gasteiger partial charge in [0.1, 0.15) is 11.6 Å². The van der Waals surface area contributed by atoms with Crippen LogP contribution in [-0.2, 0) is 13.1 Å². The molecule has 1 unspecified atom stereocenters. The van der Waals surface area contributed by atoms with Crippen LogP contribution in [0.25, 0.3) is 0 Å². The average Bonchev–Trinajstić information content (AvgIpc) is 2.72. The summed E-state index contributed by atoms with van der Waals surface area (Å²) < 4.78 is 28.1. The van der Waals surface area contributed by atoms with E-state index in [1.54, 1.807) is 6.07 Å².